The Morgan fingerprint density at radius 3 is 2.45 bits per heavy atom. The highest BCUT2D eigenvalue weighted by Gasteiger charge is 2.21. The fraction of sp³-hybridized carbons (Fsp3) is 0.571. The molecule has 112 valence electrons. The second kappa shape index (κ2) is 7.17. The summed E-state index contributed by atoms with van der Waals surface area (Å²) in [5.41, 5.74) is 1.03. The third-order valence-corrected chi connectivity index (χ3v) is 4.94. The average molecular weight is 299 g/mol. The Balaban J connectivity index is 2.01. The number of nitrogens with one attached hydrogen (secondary N) is 1. The zero-order chi connectivity index (χ0) is 14.4. The lowest BCUT2D eigenvalue weighted by molar-refractivity contribution is 0.0832. The number of aliphatic hydroxyl groups is 1. The summed E-state index contributed by atoms with van der Waals surface area (Å²) in [5.74, 6) is 0. The van der Waals surface area contributed by atoms with Crippen molar-refractivity contribution in [2.45, 2.75) is 36.6 Å². The van der Waals surface area contributed by atoms with Crippen molar-refractivity contribution in [3.05, 3.63) is 29.8 Å². The van der Waals surface area contributed by atoms with E-state index in [1.54, 1.807) is 24.3 Å². The van der Waals surface area contributed by atoms with Crippen LogP contribution in [0, 0.1) is 0 Å². The Kier molecular flexibility index (Phi) is 5.54. The molecule has 0 atom stereocenters. The van der Waals surface area contributed by atoms with E-state index in [9.17, 15) is 8.42 Å². The highest BCUT2D eigenvalue weighted by molar-refractivity contribution is 7.89. The van der Waals surface area contributed by atoms with Gasteiger partial charge in [-0.05, 0) is 43.4 Å². The molecule has 0 unspecified atom stereocenters. The average Bonchev–Trinajstić information content (AvgIpc) is 2.46. The van der Waals surface area contributed by atoms with Gasteiger partial charge in [-0.2, -0.15) is 0 Å². The van der Waals surface area contributed by atoms with E-state index >= 15 is 0 Å². The van der Waals surface area contributed by atoms with E-state index < -0.39 is 10.0 Å². The molecule has 20 heavy (non-hydrogen) atoms. The first-order valence-electron chi connectivity index (χ1n) is 6.92. The van der Waals surface area contributed by atoms with Crippen molar-refractivity contribution in [2.24, 2.45) is 0 Å². The monoisotopic (exact) mass is 299 g/mol. The lowest BCUT2D eigenvalue weighted by Crippen LogP contribution is -2.38. The first kappa shape index (κ1) is 15.4. The molecule has 0 aromatic heterocycles. The SMILES string of the molecule is O=S(=O)(NC1CCOCC1)c1ccc(CCCO)cc1. The van der Waals surface area contributed by atoms with Gasteiger partial charge in [0.05, 0.1) is 4.90 Å². The minimum atomic E-state index is -3.45. The Morgan fingerprint density at radius 1 is 1.20 bits per heavy atom. The summed E-state index contributed by atoms with van der Waals surface area (Å²) in [5, 5.41) is 8.78. The van der Waals surface area contributed by atoms with Gasteiger partial charge in [-0.25, -0.2) is 13.1 Å². The van der Waals surface area contributed by atoms with Crippen LogP contribution in [-0.4, -0.2) is 39.4 Å². The Morgan fingerprint density at radius 2 is 1.85 bits per heavy atom. The van der Waals surface area contributed by atoms with Crippen LogP contribution < -0.4 is 4.72 Å². The number of aryl methyl sites for hydroxylation is 1. The second-order valence-electron chi connectivity index (χ2n) is 4.98. The quantitative estimate of drug-likeness (QED) is 0.824. The van der Waals surface area contributed by atoms with Crippen LogP contribution in [0.25, 0.3) is 0 Å². The van der Waals surface area contributed by atoms with Crippen LogP contribution in [0.5, 0.6) is 0 Å². The molecule has 2 N–H and O–H groups in total. The van der Waals surface area contributed by atoms with Crippen molar-refractivity contribution in [1.29, 1.82) is 0 Å². The summed E-state index contributed by atoms with van der Waals surface area (Å²) in [7, 11) is -3.45. The molecule has 1 aromatic carbocycles. The molecule has 0 spiro atoms. The standard InChI is InChI=1S/C14H21NO4S/c16-9-1-2-12-3-5-14(6-4-12)20(17,18)15-13-7-10-19-11-8-13/h3-6,13,15-16H,1-2,7-11H2. The predicted molar refractivity (Wildman–Crippen MR) is 76.0 cm³/mol. The smallest absolute Gasteiger partial charge is 0.240 e. The Hall–Kier alpha value is -0.950. The third-order valence-electron chi connectivity index (χ3n) is 3.40. The van der Waals surface area contributed by atoms with Gasteiger partial charge < -0.3 is 9.84 Å². The zero-order valence-electron chi connectivity index (χ0n) is 11.4. The van der Waals surface area contributed by atoms with Crippen molar-refractivity contribution < 1.29 is 18.3 Å². The normalized spacial score (nSPS) is 17.2. The first-order chi connectivity index (χ1) is 9.62. The Bertz CT molecular complexity index is 506. The van der Waals surface area contributed by atoms with Gasteiger partial charge in [0.1, 0.15) is 0 Å². The van der Waals surface area contributed by atoms with Crippen molar-refractivity contribution in [2.75, 3.05) is 19.8 Å². The van der Waals surface area contributed by atoms with Crippen molar-refractivity contribution in [1.82, 2.24) is 4.72 Å². The van der Waals surface area contributed by atoms with Crippen molar-refractivity contribution in [3.8, 4) is 0 Å². The van der Waals surface area contributed by atoms with E-state index in [1.807, 2.05) is 0 Å². The van der Waals surface area contributed by atoms with Crippen molar-refractivity contribution >= 4 is 10.0 Å². The number of hydrogen-bond donors (Lipinski definition) is 2. The molecule has 0 bridgehead atoms. The maximum absolute atomic E-state index is 12.2. The van der Waals surface area contributed by atoms with E-state index in [-0.39, 0.29) is 17.5 Å². The minimum Gasteiger partial charge on any atom is -0.396 e. The zero-order valence-corrected chi connectivity index (χ0v) is 12.2. The summed E-state index contributed by atoms with van der Waals surface area (Å²) < 4.78 is 32.4. The highest BCUT2D eigenvalue weighted by Crippen LogP contribution is 2.15. The molecule has 2 rings (SSSR count). The van der Waals surface area contributed by atoms with Gasteiger partial charge in [-0.3, -0.25) is 0 Å². The number of rotatable bonds is 6. The molecule has 1 aromatic rings. The fourth-order valence-electron chi connectivity index (χ4n) is 2.22. The summed E-state index contributed by atoms with van der Waals surface area (Å²) >= 11 is 0. The number of ether oxygens (including phenoxy) is 1. The summed E-state index contributed by atoms with van der Waals surface area (Å²) in [6.45, 7) is 1.35. The molecule has 0 amide bonds. The second-order valence-corrected chi connectivity index (χ2v) is 6.69. The summed E-state index contributed by atoms with van der Waals surface area (Å²) in [4.78, 5) is 0.289. The van der Waals surface area contributed by atoms with Gasteiger partial charge in [0.25, 0.3) is 0 Å². The third kappa shape index (κ3) is 4.28. The Labute approximate surface area is 120 Å². The largest absolute Gasteiger partial charge is 0.396 e. The summed E-state index contributed by atoms with van der Waals surface area (Å²) in [6.07, 6.45) is 2.87. The maximum Gasteiger partial charge on any atom is 0.240 e. The van der Waals surface area contributed by atoms with E-state index in [4.69, 9.17) is 9.84 Å². The van der Waals surface area contributed by atoms with Gasteiger partial charge in [-0.1, -0.05) is 12.1 Å². The number of benzene rings is 1. The highest BCUT2D eigenvalue weighted by atomic mass is 32.2. The molecule has 1 aliphatic heterocycles. The maximum atomic E-state index is 12.2. The number of hydrogen-bond acceptors (Lipinski definition) is 4. The van der Waals surface area contributed by atoms with E-state index in [0.29, 0.717) is 32.5 Å². The number of sulfonamides is 1. The molecule has 0 radical (unpaired) electrons. The van der Waals surface area contributed by atoms with Crippen LogP contribution in [0.2, 0.25) is 0 Å². The van der Waals surface area contributed by atoms with Gasteiger partial charge in [0.2, 0.25) is 10.0 Å². The van der Waals surface area contributed by atoms with Gasteiger partial charge in [0, 0.05) is 25.9 Å². The first-order valence-corrected chi connectivity index (χ1v) is 8.40. The van der Waals surface area contributed by atoms with Gasteiger partial charge >= 0.3 is 0 Å². The van der Waals surface area contributed by atoms with Crippen LogP contribution in [0.3, 0.4) is 0 Å². The van der Waals surface area contributed by atoms with E-state index in [2.05, 4.69) is 4.72 Å². The van der Waals surface area contributed by atoms with Crippen LogP contribution in [-0.2, 0) is 21.2 Å². The fourth-order valence-corrected chi connectivity index (χ4v) is 3.53. The predicted octanol–water partition coefficient (Wildman–Crippen LogP) is 1.07. The van der Waals surface area contributed by atoms with Crippen LogP contribution in [0.1, 0.15) is 24.8 Å². The van der Waals surface area contributed by atoms with E-state index in [1.165, 1.54) is 0 Å². The molecule has 1 saturated heterocycles. The van der Waals surface area contributed by atoms with Crippen LogP contribution >= 0.6 is 0 Å². The molecule has 1 fully saturated rings. The molecule has 5 nitrogen and oxygen atoms in total. The van der Waals surface area contributed by atoms with Crippen LogP contribution in [0.4, 0.5) is 0 Å². The molecule has 1 heterocycles. The molecular weight excluding hydrogens is 278 g/mol. The molecule has 1 aliphatic rings. The molecular formula is C14H21NO4S. The van der Waals surface area contributed by atoms with Crippen LogP contribution in [0.15, 0.2) is 29.2 Å². The topological polar surface area (TPSA) is 75.6 Å². The van der Waals surface area contributed by atoms with E-state index in [0.717, 1.165) is 12.0 Å². The molecule has 6 heteroatoms. The number of aliphatic hydroxyl groups excluding tert-OH is 1. The van der Waals surface area contributed by atoms with Gasteiger partial charge in [-0.15, -0.1) is 0 Å². The lowest BCUT2D eigenvalue weighted by Gasteiger charge is -2.23. The molecule has 0 aliphatic carbocycles. The summed E-state index contributed by atoms with van der Waals surface area (Å²) in [6, 6.07) is 6.80. The molecule has 0 saturated carbocycles. The lowest BCUT2D eigenvalue weighted by atomic mass is 10.1. The minimum absolute atomic E-state index is 0.0391. The van der Waals surface area contributed by atoms with Crippen molar-refractivity contribution in [3.63, 3.8) is 0 Å². The van der Waals surface area contributed by atoms with Gasteiger partial charge in [0.15, 0.2) is 0 Å².